The maximum atomic E-state index is 12.6. The molecule has 0 aromatic carbocycles. The van der Waals surface area contributed by atoms with Gasteiger partial charge in [-0.25, -0.2) is 13.2 Å². The monoisotopic (exact) mass is 398 g/mol. The van der Waals surface area contributed by atoms with Crippen molar-refractivity contribution in [1.82, 2.24) is 9.88 Å². The molecule has 2 fully saturated rings. The molecule has 3 rings (SSSR count). The van der Waals surface area contributed by atoms with E-state index in [2.05, 4.69) is 4.98 Å². The van der Waals surface area contributed by atoms with Crippen molar-refractivity contribution in [1.29, 1.82) is 0 Å². The summed E-state index contributed by atoms with van der Waals surface area (Å²) in [5.41, 5.74) is 2.14. The Kier molecular flexibility index (Phi) is 5.36. The van der Waals surface area contributed by atoms with Crippen molar-refractivity contribution < 1.29 is 27.9 Å². The summed E-state index contributed by atoms with van der Waals surface area (Å²) >= 11 is 0. The van der Waals surface area contributed by atoms with Gasteiger partial charge in [-0.05, 0) is 45.6 Å². The largest absolute Gasteiger partial charge is 0.451 e. The summed E-state index contributed by atoms with van der Waals surface area (Å²) in [7, 11) is -3.10. The molecule has 0 unspecified atom stereocenters. The van der Waals surface area contributed by atoms with Crippen LogP contribution in [0.4, 0.5) is 0 Å². The van der Waals surface area contributed by atoms with E-state index >= 15 is 0 Å². The summed E-state index contributed by atoms with van der Waals surface area (Å²) in [6.45, 7) is 4.66. The number of aliphatic hydroxyl groups is 1. The number of aromatic nitrogens is 1. The number of amides is 1. The van der Waals surface area contributed by atoms with Crippen LogP contribution < -0.4 is 0 Å². The zero-order chi connectivity index (χ0) is 19.9. The third-order valence-electron chi connectivity index (χ3n) is 5.27. The minimum absolute atomic E-state index is 0.0180. The number of carbonyl (C=O) groups excluding carboxylic acids is 2. The Labute approximate surface area is 158 Å². The molecular weight excluding hydrogens is 372 g/mol. The van der Waals surface area contributed by atoms with Crippen LogP contribution in [-0.4, -0.2) is 65.5 Å². The maximum Gasteiger partial charge on any atom is 0.355 e. The summed E-state index contributed by atoms with van der Waals surface area (Å²) in [4.78, 5) is 29.5. The van der Waals surface area contributed by atoms with Gasteiger partial charge in [-0.1, -0.05) is 0 Å². The van der Waals surface area contributed by atoms with E-state index in [-0.39, 0.29) is 35.2 Å². The van der Waals surface area contributed by atoms with Crippen LogP contribution in [0.5, 0.6) is 0 Å². The van der Waals surface area contributed by atoms with Gasteiger partial charge in [0.05, 0.1) is 17.6 Å². The van der Waals surface area contributed by atoms with E-state index in [4.69, 9.17) is 4.74 Å². The van der Waals surface area contributed by atoms with Crippen LogP contribution in [-0.2, 0) is 19.4 Å². The zero-order valence-electron chi connectivity index (χ0n) is 15.8. The lowest BCUT2D eigenvalue weighted by molar-refractivity contribution is -0.137. The second-order valence-corrected chi connectivity index (χ2v) is 9.73. The third-order valence-corrected chi connectivity index (χ3v) is 7.02. The molecular formula is C18H26N2O6S. The third kappa shape index (κ3) is 4.19. The molecule has 1 amide bonds. The molecule has 8 nitrogen and oxygen atoms in total. The van der Waals surface area contributed by atoms with Gasteiger partial charge in [0.2, 0.25) is 0 Å². The minimum Gasteiger partial charge on any atom is -0.451 e. The fraction of sp³-hybridized carbons (Fsp3) is 0.667. The molecule has 0 bridgehead atoms. The fourth-order valence-electron chi connectivity index (χ4n) is 3.92. The number of esters is 1. The molecule has 2 N–H and O–H groups in total. The number of hydrogen-bond donors (Lipinski definition) is 2. The molecule has 1 saturated carbocycles. The summed E-state index contributed by atoms with van der Waals surface area (Å²) < 4.78 is 28.7. The Morgan fingerprint density at radius 2 is 1.93 bits per heavy atom. The van der Waals surface area contributed by atoms with Gasteiger partial charge in [0, 0.05) is 23.3 Å². The van der Waals surface area contributed by atoms with Crippen molar-refractivity contribution in [3.63, 3.8) is 0 Å². The van der Waals surface area contributed by atoms with Crippen molar-refractivity contribution in [3.05, 3.63) is 22.5 Å². The molecule has 1 aliphatic heterocycles. The number of H-pyrrole nitrogens is 1. The van der Waals surface area contributed by atoms with E-state index in [0.29, 0.717) is 23.2 Å². The minimum atomic E-state index is -3.10. The topological polar surface area (TPSA) is 117 Å². The lowest BCUT2D eigenvalue weighted by atomic mass is 10.1. The summed E-state index contributed by atoms with van der Waals surface area (Å²) in [6.07, 6.45) is 1.41. The number of nitrogens with one attached hydrogen (secondary N) is 1. The number of aliphatic hydroxyl groups excluding tert-OH is 1. The summed E-state index contributed by atoms with van der Waals surface area (Å²) in [6, 6.07) is -0.282. The second-order valence-electron chi connectivity index (χ2n) is 7.50. The summed E-state index contributed by atoms with van der Waals surface area (Å²) in [5, 5.41) is 9.82. The SMILES string of the molecule is Cc1[nH]c(C(=O)OCC(=O)N(C2CC2)[C@H]2CCS(=O)(=O)C2)c(C)c1[C@@H](C)O. The first-order chi connectivity index (χ1) is 12.6. The number of rotatable bonds is 6. The fourth-order valence-corrected chi connectivity index (χ4v) is 5.63. The van der Waals surface area contributed by atoms with Crippen LogP contribution in [0, 0.1) is 13.8 Å². The van der Waals surface area contributed by atoms with E-state index in [1.54, 1.807) is 25.7 Å². The van der Waals surface area contributed by atoms with Crippen LogP contribution in [0.15, 0.2) is 0 Å². The van der Waals surface area contributed by atoms with Gasteiger partial charge >= 0.3 is 5.97 Å². The molecule has 0 radical (unpaired) electrons. The smallest absolute Gasteiger partial charge is 0.355 e. The number of hydrogen-bond acceptors (Lipinski definition) is 6. The van der Waals surface area contributed by atoms with Gasteiger partial charge in [-0.3, -0.25) is 4.79 Å². The van der Waals surface area contributed by atoms with Crippen LogP contribution in [0.1, 0.15) is 59.6 Å². The quantitative estimate of drug-likeness (QED) is 0.691. The summed E-state index contributed by atoms with van der Waals surface area (Å²) in [5.74, 6) is -0.942. The van der Waals surface area contributed by atoms with Gasteiger partial charge in [0.1, 0.15) is 5.69 Å². The highest BCUT2D eigenvalue weighted by Crippen LogP contribution is 2.32. The standard InChI is InChI=1S/C18H26N2O6S/c1-10-16(12(3)21)11(2)19-17(10)18(23)26-8-15(22)20(13-4-5-13)14-6-7-27(24,25)9-14/h12-14,19,21H,4-9H2,1-3H3/t12-,14+/m1/s1. The Morgan fingerprint density at radius 1 is 1.26 bits per heavy atom. The Hall–Kier alpha value is -1.87. The highest BCUT2D eigenvalue weighted by Gasteiger charge is 2.42. The van der Waals surface area contributed by atoms with E-state index in [0.717, 1.165) is 12.8 Å². The Bertz CT molecular complexity index is 853. The molecule has 2 aliphatic rings. The van der Waals surface area contributed by atoms with Crippen molar-refractivity contribution >= 4 is 21.7 Å². The molecule has 2 atom stereocenters. The molecule has 0 spiro atoms. The van der Waals surface area contributed by atoms with Crippen molar-refractivity contribution in [2.24, 2.45) is 0 Å². The number of ether oxygens (including phenoxy) is 1. The Balaban J connectivity index is 1.66. The van der Waals surface area contributed by atoms with Crippen LogP contribution >= 0.6 is 0 Å². The molecule has 1 aromatic rings. The number of carbonyl (C=O) groups is 2. The molecule has 1 saturated heterocycles. The highest BCUT2D eigenvalue weighted by molar-refractivity contribution is 7.91. The molecule has 1 aliphatic carbocycles. The van der Waals surface area contributed by atoms with Crippen LogP contribution in [0.3, 0.4) is 0 Å². The zero-order valence-corrected chi connectivity index (χ0v) is 16.6. The molecule has 2 heterocycles. The molecule has 27 heavy (non-hydrogen) atoms. The lowest BCUT2D eigenvalue weighted by Crippen LogP contribution is -2.44. The van der Waals surface area contributed by atoms with E-state index in [1.165, 1.54) is 0 Å². The number of sulfone groups is 1. The van der Waals surface area contributed by atoms with Gasteiger partial charge in [-0.15, -0.1) is 0 Å². The lowest BCUT2D eigenvalue weighted by Gasteiger charge is -2.28. The predicted molar refractivity (Wildman–Crippen MR) is 98.1 cm³/mol. The van der Waals surface area contributed by atoms with Crippen LogP contribution in [0.25, 0.3) is 0 Å². The number of aryl methyl sites for hydroxylation is 1. The predicted octanol–water partition coefficient (Wildman–Crippen LogP) is 1.02. The molecule has 150 valence electrons. The van der Waals surface area contributed by atoms with Gasteiger partial charge < -0.3 is 19.7 Å². The maximum absolute atomic E-state index is 12.6. The van der Waals surface area contributed by atoms with E-state index < -0.39 is 28.5 Å². The first-order valence-corrected chi connectivity index (χ1v) is 11.0. The first-order valence-electron chi connectivity index (χ1n) is 9.16. The average Bonchev–Trinajstić information content (AvgIpc) is 3.26. The van der Waals surface area contributed by atoms with Gasteiger partial charge in [-0.2, -0.15) is 0 Å². The van der Waals surface area contributed by atoms with Crippen LogP contribution in [0.2, 0.25) is 0 Å². The average molecular weight is 398 g/mol. The van der Waals surface area contributed by atoms with Gasteiger partial charge in [0.25, 0.3) is 5.91 Å². The number of nitrogens with zero attached hydrogens (tertiary/aromatic N) is 1. The second kappa shape index (κ2) is 7.27. The van der Waals surface area contributed by atoms with Crippen molar-refractivity contribution in [2.45, 2.75) is 58.2 Å². The Morgan fingerprint density at radius 3 is 2.41 bits per heavy atom. The van der Waals surface area contributed by atoms with E-state index in [9.17, 15) is 23.1 Å². The van der Waals surface area contributed by atoms with Gasteiger partial charge in [0.15, 0.2) is 16.4 Å². The number of aromatic amines is 1. The first kappa shape index (κ1) is 19.9. The van der Waals surface area contributed by atoms with Crippen molar-refractivity contribution in [2.75, 3.05) is 18.1 Å². The van der Waals surface area contributed by atoms with E-state index in [1.807, 2.05) is 0 Å². The van der Waals surface area contributed by atoms with Crippen molar-refractivity contribution in [3.8, 4) is 0 Å². The molecule has 9 heteroatoms. The highest BCUT2D eigenvalue weighted by atomic mass is 32.2. The normalized spacial score (nSPS) is 22.4. The molecule has 1 aromatic heterocycles.